The van der Waals surface area contributed by atoms with E-state index in [2.05, 4.69) is 15.3 Å². The number of carbonyl (C=O) groups excluding carboxylic acids is 1. The molecule has 1 amide bonds. The van der Waals surface area contributed by atoms with Crippen LogP contribution in [0.3, 0.4) is 0 Å². The standard InChI is InChI=1S/C17H12ClFN4O3S/c1-9-21-16(17(24)22-11-4-5-20-15(18)7-11)13-8-27(25,26)14-6-10(19)2-3-12(14)23(9)13/h2-7H,8H2,1H3,(H,20,22,24). The van der Waals surface area contributed by atoms with Gasteiger partial charge in [0.2, 0.25) is 0 Å². The van der Waals surface area contributed by atoms with E-state index in [1.165, 1.54) is 24.4 Å². The second-order valence-corrected chi connectivity index (χ2v) is 8.33. The first-order valence-electron chi connectivity index (χ1n) is 7.80. The maximum Gasteiger partial charge on any atom is 0.276 e. The average molecular weight is 407 g/mol. The number of carbonyl (C=O) groups is 1. The maximum atomic E-state index is 13.6. The largest absolute Gasteiger partial charge is 0.320 e. The Morgan fingerprint density at radius 3 is 2.81 bits per heavy atom. The molecule has 0 atom stereocenters. The average Bonchev–Trinajstić information content (AvgIpc) is 2.91. The summed E-state index contributed by atoms with van der Waals surface area (Å²) in [6.07, 6.45) is 1.43. The van der Waals surface area contributed by atoms with Crippen LogP contribution in [-0.4, -0.2) is 28.9 Å². The highest BCUT2D eigenvalue weighted by Crippen LogP contribution is 2.34. The number of imidazole rings is 1. The number of hydrogen-bond donors (Lipinski definition) is 1. The first-order chi connectivity index (χ1) is 12.8. The Kier molecular flexibility index (Phi) is 4.01. The highest BCUT2D eigenvalue weighted by Gasteiger charge is 2.34. The van der Waals surface area contributed by atoms with Gasteiger partial charge < -0.3 is 5.32 Å². The van der Waals surface area contributed by atoms with Crippen molar-refractivity contribution in [3.63, 3.8) is 0 Å². The van der Waals surface area contributed by atoms with Crippen LogP contribution in [0.5, 0.6) is 0 Å². The number of aromatic nitrogens is 3. The third-order valence-corrected chi connectivity index (χ3v) is 6.02. The lowest BCUT2D eigenvalue weighted by Gasteiger charge is -2.20. The molecule has 0 saturated heterocycles. The topological polar surface area (TPSA) is 93.9 Å². The summed E-state index contributed by atoms with van der Waals surface area (Å²) in [4.78, 5) is 20.6. The summed E-state index contributed by atoms with van der Waals surface area (Å²) in [5.41, 5.74) is 0.887. The van der Waals surface area contributed by atoms with Crippen molar-refractivity contribution in [2.75, 3.05) is 5.32 Å². The lowest BCUT2D eigenvalue weighted by atomic mass is 10.2. The van der Waals surface area contributed by atoms with Crippen LogP contribution in [0.25, 0.3) is 5.69 Å². The molecule has 10 heteroatoms. The van der Waals surface area contributed by atoms with Gasteiger partial charge in [-0.2, -0.15) is 0 Å². The number of anilines is 1. The van der Waals surface area contributed by atoms with Crippen molar-refractivity contribution in [1.29, 1.82) is 0 Å². The zero-order valence-corrected chi connectivity index (χ0v) is 15.5. The van der Waals surface area contributed by atoms with Gasteiger partial charge in [-0.25, -0.2) is 22.8 Å². The van der Waals surface area contributed by atoms with Gasteiger partial charge >= 0.3 is 0 Å². The van der Waals surface area contributed by atoms with Gasteiger partial charge in [-0.1, -0.05) is 11.6 Å². The van der Waals surface area contributed by atoms with Crippen molar-refractivity contribution in [2.45, 2.75) is 17.6 Å². The number of rotatable bonds is 2. The lowest BCUT2D eigenvalue weighted by Crippen LogP contribution is -2.22. The Hall–Kier alpha value is -2.78. The highest BCUT2D eigenvalue weighted by atomic mass is 35.5. The third-order valence-electron chi connectivity index (χ3n) is 4.16. The van der Waals surface area contributed by atoms with Gasteiger partial charge in [0, 0.05) is 11.9 Å². The van der Waals surface area contributed by atoms with Gasteiger partial charge in [0.25, 0.3) is 5.91 Å². The van der Waals surface area contributed by atoms with E-state index in [0.29, 0.717) is 11.5 Å². The molecule has 0 bridgehead atoms. The van der Waals surface area contributed by atoms with Crippen molar-refractivity contribution in [1.82, 2.24) is 14.5 Å². The Morgan fingerprint density at radius 1 is 1.30 bits per heavy atom. The molecule has 3 aromatic rings. The Bertz CT molecular complexity index is 1210. The zero-order chi connectivity index (χ0) is 19.3. The summed E-state index contributed by atoms with van der Waals surface area (Å²) < 4.78 is 40.3. The number of hydrogen-bond acceptors (Lipinski definition) is 5. The van der Waals surface area contributed by atoms with Crippen LogP contribution in [0.1, 0.15) is 22.0 Å². The van der Waals surface area contributed by atoms with Crippen LogP contribution in [-0.2, 0) is 15.6 Å². The van der Waals surface area contributed by atoms with Crippen LogP contribution in [0.2, 0.25) is 5.15 Å². The first-order valence-corrected chi connectivity index (χ1v) is 9.83. The SMILES string of the molecule is Cc1nc(C(=O)Nc2ccnc(Cl)c2)c2n1-c1ccc(F)cc1S(=O)(=O)C2. The van der Waals surface area contributed by atoms with E-state index >= 15 is 0 Å². The van der Waals surface area contributed by atoms with E-state index in [-0.39, 0.29) is 27.1 Å². The fourth-order valence-electron chi connectivity index (χ4n) is 3.06. The van der Waals surface area contributed by atoms with Crippen molar-refractivity contribution in [2.24, 2.45) is 0 Å². The van der Waals surface area contributed by atoms with Gasteiger partial charge in [0.05, 0.1) is 22.0 Å². The maximum absolute atomic E-state index is 13.6. The van der Waals surface area contributed by atoms with Crippen LogP contribution in [0.15, 0.2) is 41.4 Å². The fraction of sp³-hybridized carbons (Fsp3) is 0.118. The number of sulfone groups is 1. The molecule has 7 nitrogen and oxygen atoms in total. The predicted molar refractivity (Wildman–Crippen MR) is 96.3 cm³/mol. The zero-order valence-electron chi connectivity index (χ0n) is 13.9. The van der Waals surface area contributed by atoms with Gasteiger partial charge in [-0.3, -0.25) is 9.36 Å². The summed E-state index contributed by atoms with van der Waals surface area (Å²) in [6, 6.07) is 6.52. The minimum Gasteiger partial charge on any atom is -0.320 e. The summed E-state index contributed by atoms with van der Waals surface area (Å²) in [5, 5.41) is 2.83. The number of amides is 1. The summed E-state index contributed by atoms with van der Waals surface area (Å²) >= 11 is 5.81. The van der Waals surface area contributed by atoms with Crippen LogP contribution < -0.4 is 5.32 Å². The van der Waals surface area contributed by atoms with Gasteiger partial charge in [-0.15, -0.1) is 0 Å². The van der Waals surface area contributed by atoms with Crippen molar-refractivity contribution < 1.29 is 17.6 Å². The Labute approximate surface area is 158 Å². The monoisotopic (exact) mass is 406 g/mol. The summed E-state index contributed by atoms with van der Waals surface area (Å²) in [7, 11) is -3.81. The van der Waals surface area contributed by atoms with Crippen molar-refractivity contribution in [3.05, 3.63) is 64.7 Å². The molecular weight excluding hydrogens is 395 g/mol. The van der Waals surface area contributed by atoms with Gasteiger partial charge in [0.15, 0.2) is 15.5 Å². The first kappa shape index (κ1) is 17.6. The molecule has 1 N–H and O–H groups in total. The molecule has 2 aromatic heterocycles. The molecule has 138 valence electrons. The number of benzene rings is 1. The van der Waals surface area contributed by atoms with E-state index < -0.39 is 27.3 Å². The number of halogens is 2. The molecule has 0 spiro atoms. The van der Waals surface area contributed by atoms with Crippen LogP contribution in [0.4, 0.5) is 10.1 Å². The number of nitrogens with one attached hydrogen (secondary N) is 1. The molecule has 0 radical (unpaired) electrons. The number of pyridine rings is 1. The fourth-order valence-corrected chi connectivity index (χ4v) is 4.79. The molecule has 0 saturated carbocycles. The summed E-state index contributed by atoms with van der Waals surface area (Å²) in [6.45, 7) is 1.65. The van der Waals surface area contributed by atoms with Crippen LogP contribution >= 0.6 is 11.6 Å². The molecular formula is C17H12ClFN4O3S. The molecule has 27 heavy (non-hydrogen) atoms. The molecule has 0 fully saturated rings. The third kappa shape index (κ3) is 2.98. The number of fused-ring (bicyclic) bond motifs is 3. The Balaban J connectivity index is 1.82. The highest BCUT2D eigenvalue weighted by molar-refractivity contribution is 7.90. The summed E-state index contributed by atoms with van der Waals surface area (Å²) in [5.74, 6) is -1.25. The van der Waals surface area contributed by atoms with Crippen LogP contribution in [0, 0.1) is 12.7 Å². The molecule has 1 aliphatic rings. The quantitative estimate of drug-likeness (QED) is 0.660. The second kappa shape index (κ2) is 6.14. The number of aryl methyl sites for hydroxylation is 1. The van der Waals surface area contributed by atoms with E-state index in [0.717, 1.165) is 6.07 Å². The normalized spacial score (nSPS) is 14.3. The van der Waals surface area contributed by atoms with E-state index in [1.54, 1.807) is 17.6 Å². The van der Waals surface area contributed by atoms with Gasteiger partial charge in [-0.05, 0) is 37.3 Å². The van der Waals surface area contributed by atoms with E-state index in [9.17, 15) is 17.6 Å². The lowest BCUT2D eigenvalue weighted by molar-refractivity contribution is 0.102. The molecule has 1 aliphatic heterocycles. The molecule has 4 rings (SSSR count). The van der Waals surface area contributed by atoms with E-state index in [4.69, 9.17) is 11.6 Å². The molecule has 0 aliphatic carbocycles. The smallest absolute Gasteiger partial charge is 0.276 e. The minimum atomic E-state index is -3.81. The minimum absolute atomic E-state index is 0.0148. The second-order valence-electron chi connectivity index (χ2n) is 5.98. The Morgan fingerprint density at radius 2 is 2.07 bits per heavy atom. The van der Waals surface area contributed by atoms with Gasteiger partial charge in [0.1, 0.15) is 16.8 Å². The van der Waals surface area contributed by atoms with E-state index in [1.807, 2.05) is 0 Å². The predicted octanol–water partition coefficient (Wildman–Crippen LogP) is 2.91. The number of nitrogens with zero attached hydrogens (tertiary/aromatic N) is 3. The molecule has 1 aromatic carbocycles. The molecule has 0 unspecified atom stereocenters. The van der Waals surface area contributed by atoms with Crippen molar-refractivity contribution >= 4 is 33.0 Å². The molecule has 3 heterocycles. The van der Waals surface area contributed by atoms with Crippen molar-refractivity contribution in [3.8, 4) is 5.69 Å².